The Kier molecular flexibility index (Phi) is 7.67. The van der Waals surface area contributed by atoms with Gasteiger partial charge in [0, 0.05) is 31.0 Å². The summed E-state index contributed by atoms with van der Waals surface area (Å²) in [6.45, 7) is 7.76. The van der Waals surface area contributed by atoms with Gasteiger partial charge < -0.3 is 19.8 Å². The fourth-order valence-electron chi connectivity index (χ4n) is 3.14. The largest absolute Gasteiger partial charge is 0.457 e. The smallest absolute Gasteiger partial charge is 0.308 e. The van der Waals surface area contributed by atoms with Crippen molar-refractivity contribution in [2.75, 3.05) is 5.73 Å². The Hall–Kier alpha value is -2.76. The Morgan fingerprint density at radius 2 is 1.89 bits per heavy atom. The minimum Gasteiger partial charge on any atom is -0.457 e. The lowest BCUT2D eigenvalue weighted by atomic mass is 10.1. The van der Waals surface area contributed by atoms with Crippen LogP contribution in [0.15, 0.2) is 34.8 Å². The molecule has 152 valence electrons. The van der Waals surface area contributed by atoms with Gasteiger partial charge in [0.2, 0.25) is 5.75 Å². The fourth-order valence-corrected chi connectivity index (χ4v) is 3.14. The molecule has 0 fully saturated rings. The highest BCUT2D eigenvalue weighted by Crippen LogP contribution is 2.35. The molecule has 2 rings (SSSR count). The number of hydrogen-bond acceptors (Lipinski definition) is 5. The number of hydrogen-bond donors (Lipinski definition) is 1. The second-order valence-corrected chi connectivity index (χ2v) is 6.76. The van der Waals surface area contributed by atoms with Gasteiger partial charge in [-0.05, 0) is 37.6 Å². The van der Waals surface area contributed by atoms with Gasteiger partial charge in [-0.3, -0.25) is 9.59 Å². The monoisotopic (exact) mass is 386 g/mol. The van der Waals surface area contributed by atoms with Crippen LogP contribution in [0, 0.1) is 0 Å². The highest BCUT2D eigenvalue weighted by atomic mass is 16.6. The summed E-state index contributed by atoms with van der Waals surface area (Å²) in [5, 5.41) is 0.688. The van der Waals surface area contributed by atoms with Crippen LogP contribution < -0.4 is 20.8 Å². The number of aryl methyl sites for hydroxylation is 1. The number of carbonyl (C=O) groups is 1. The van der Waals surface area contributed by atoms with E-state index in [0.29, 0.717) is 35.3 Å². The fraction of sp³-hybridized carbons (Fsp3) is 0.455. The molecule has 0 bridgehead atoms. The summed E-state index contributed by atoms with van der Waals surface area (Å²) >= 11 is 0. The number of benzene rings is 1. The first kappa shape index (κ1) is 21.5. The Morgan fingerprint density at radius 3 is 2.50 bits per heavy atom. The first-order valence-corrected chi connectivity index (χ1v) is 9.90. The van der Waals surface area contributed by atoms with Gasteiger partial charge in [0.1, 0.15) is 0 Å². The third-order valence-corrected chi connectivity index (χ3v) is 4.59. The summed E-state index contributed by atoms with van der Waals surface area (Å²) in [7, 11) is 0. The maximum absolute atomic E-state index is 13.2. The molecule has 0 aliphatic carbocycles. The van der Waals surface area contributed by atoms with Gasteiger partial charge in [-0.15, -0.1) is 0 Å². The summed E-state index contributed by atoms with van der Waals surface area (Å²) in [6, 6.07) is 5.32. The predicted molar refractivity (Wildman–Crippen MR) is 113 cm³/mol. The maximum atomic E-state index is 13.2. The van der Waals surface area contributed by atoms with Crippen LogP contribution in [0.25, 0.3) is 10.9 Å². The molecule has 0 unspecified atom stereocenters. The Morgan fingerprint density at radius 1 is 1.14 bits per heavy atom. The number of nitrogen functional groups attached to an aromatic ring is 1. The lowest BCUT2D eigenvalue weighted by Crippen LogP contribution is -2.25. The Labute approximate surface area is 165 Å². The molecule has 2 aromatic rings. The zero-order valence-corrected chi connectivity index (χ0v) is 17.2. The van der Waals surface area contributed by atoms with Crippen molar-refractivity contribution in [3.63, 3.8) is 0 Å². The van der Waals surface area contributed by atoms with E-state index in [2.05, 4.69) is 6.92 Å². The molecule has 0 aliphatic heterocycles. The number of nitrogens with two attached hydrogens (primary N) is 1. The minimum absolute atomic E-state index is 0.0759. The topological polar surface area (TPSA) is 83.5 Å². The van der Waals surface area contributed by atoms with Crippen LogP contribution in [-0.2, 0) is 11.3 Å². The highest BCUT2D eigenvalue weighted by Gasteiger charge is 2.22. The molecule has 0 spiro atoms. The number of pyridine rings is 1. The lowest BCUT2D eigenvalue weighted by molar-refractivity contribution is -0.132. The normalized spacial score (nSPS) is 11.6. The average Bonchev–Trinajstić information content (AvgIpc) is 2.67. The van der Waals surface area contributed by atoms with E-state index in [4.69, 9.17) is 15.2 Å². The molecule has 2 N–H and O–H groups in total. The van der Waals surface area contributed by atoms with E-state index >= 15 is 0 Å². The van der Waals surface area contributed by atoms with Crippen molar-refractivity contribution in [3.8, 4) is 11.5 Å². The van der Waals surface area contributed by atoms with E-state index < -0.39 is 5.97 Å². The van der Waals surface area contributed by atoms with Gasteiger partial charge in [0.25, 0.3) is 5.56 Å². The predicted octanol–water partition coefficient (Wildman–Crippen LogP) is 4.78. The van der Waals surface area contributed by atoms with Crippen molar-refractivity contribution in [2.24, 2.45) is 0 Å². The van der Waals surface area contributed by atoms with Crippen LogP contribution in [0.2, 0.25) is 0 Å². The van der Waals surface area contributed by atoms with E-state index in [1.54, 1.807) is 22.8 Å². The standard InChI is InChI=1S/C22H30N2O4/c1-5-8-9-10-13-24-19-14-16(23)11-12-18(19)20(28-17(6-2)7-3)21(22(24)26)27-15(4)25/h6,11-12,14H,5,7-10,13,23H2,1-4H3. The molecule has 0 radical (unpaired) electrons. The molecule has 1 heterocycles. The first-order valence-electron chi connectivity index (χ1n) is 9.90. The van der Waals surface area contributed by atoms with E-state index in [1.165, 1.54) is 6.92 Å². The molecular formula is C22H30N2O4. The van der Waals surface area contributed by atoms with Crippen LogP contribution in [-0.4, -0.2) is 10.5 Å². The van der Waals surface area contributed by atoms with Crippen molar-refractivity contribution < 1.29 is 14.3 Å². The van der Waals surface area contributed by atoms with Crippen molar-refractivity contribution in [1.29, 1.82) is 0 Å². The SMILES string of the molecule is CC=C(CC)Oc1c(OC(C)=O)c(=O)n(CCCCCC)c2cc(N)ccc12. The van der Waals surface area contributed by atoms with Crippen LogP contribution in [0.1, 0.15) is 59.8 Å². The molecular weight excluding hydrogens is 356 g/mol. The maximum Gasteiger partial charge on any atom is 0.308 e. The van der Waals surface area contributed by atoms with E-state index in [1.807, 2.05) is 19.9 Å². The van der Waals surface area contributed by atoms with Gasteiger partial charge in [0.05, 0.1) is 11.3 Å². The number of unbranched alkanes of at least 4 members (excludes halogenated alkanes) is 3. The molecule has 0 saturated carbocycles. The van der Waals surface area contributed by atoms with Gasteiger partial charge in [-0.1, -0.05) is 33.1 Å². The molecule has 0 amide bonds. The quantitative estimate of drug-likeness (QED) is 0.290. The second kappa shape index (κ2) is 9.97. The average molecular weight is 386 g/mol. The number of anilines is 1. The number of ether oxygens (including phenoxy) is 2. The third-order valence-electron chi connectivity index (χ3n) is 4.59. The molecule has 0 aliphatic rings. The Bertz CT molecular complexity index is 928. The van der Waals surface area contributed by atoms with Crippen molar-refractivity contribution in [3.05, 3.63) is 40.4 Å². The molecule has 0 saturated heterocycles. The molecule has 1 aromatic heterocycles. The Balaban J connectivity index is 2.71. The second-order valence-electron chi connectivity index (χ2n) is 6.76. The molecule has 6 heteroatoms. The summed E-state index contributed by atoms with van der Waals surface area (Å²) in [4.78, 5) is 24.9. The molecule has 28 heavy (non-hydrogen) atoms. The molecule has 0 atom stereocenters. The van der Waals surface area contributed by atoms with Crippen LogP contribution >= 0.6 is 0 Å². The molecule has 1 aromatic carbocycles. The number of allylic oxidation sites excluding steroid dienone is 2. The first-order chi connectivity index (χ1) is 13.4. The van der Waals surface area contributed by atoms with Crippen molar-refractivity contribution in [2.45, 2.75) is 66.3 Å². The molecule has 6 nitrogen and oxygen atoms in total. The van der Waals surface area contributed by atoms with E-state index in [-0.39, 0.29) is 17.1 Å². The summed E-state index contributed by atoms with van der Waals surface area (Å²) in [5.41, 5.74) is 6.84. The van der Waals surface area contributed by atoms with Crippen LogP contribution in [0.3, 0.4) is 0 Å². The van der Waals surface area contributed by atoms with Gasteiger partial charge in [-0.25, -0.2) is 0 Å². The van der Waals surface area contributed by atoms with Gasteiger partial charge in [0.15, 0.2) is 5.75 Å². The number of fused-ring (bicyclic) bond motifs is 1. The van der Waals surface area contributed by atoms with Crippen molar-refractivity contribution in [1.82, 2.24) is 4.57 Å². The highest BCUT2D eigenvalue weighted by molar-refractivity contribution is 5.91. The number of aromatic nitrogens is 1. The van der Waals surface area contributed by atoms with Gasteiger partial charge in [-0.2, -0.15) is 0 Å². The number of nitrogens with zero attached hydrogens (tertiary/aromatic N) is 1. The lowest BCUT2D eigenvalue weighted by Gasteiger charge is -2.18. The number of rotatable bonds is 9. The summed E-state index contributed by atoms with van der Waals surface area (Å²) < 4.78 is 13.0. The zero-order valence-electron chi connectivity index (χ0n) is 17.2. The number of carbonyl (C=O) groups excluding carboxylic acids is 1. The third kappa shape index (κ3) is 4.94. The van der Waals surface area contributed by atoms with Crippen LogP contribution in [0.5, 0.6) is 11.5 Å². The van der Waals surface area contributed by atoms with Crippen molar-refractivity contribution >= 4 is 22.6 Å². The van der Waals surface area contributed by atoms with E-state index in [9.17, 15) is 9.59 Å². The van der Waals surface area contributed by atoms with E-state index in [0.717, 1.165) is 25.7 Å². The minimum atomic E-state index is -0.562. The summed E-state index contributed by atoms with van der Waals surface area (Å²) in [5.74, 6) is 0.308. The van der Waals surface area contributed by atoms with Crippen LogP contribution in [0.4, 0.5) is 5.69 Å². The summed E-state index contributed by atoms with van der Waals surface area (Å²) in [6.07, 6.45) is 6.56. The number of esters is 1. The van der Waals surface area contributed by atoms with Gasteiger partial charge >= 0.3 is 5.97 Å². The zero-order chi connectivity index (χ0) is 20.7.